The van der Waals surface area contributed by atoms with Gasteiger partial charge in [0.2, 0.25) is 0 Å². The molecule has 0 fully saturated rings. The number of halogens is 1. The van der Waals surface area contributed by atoms with Gasteiger partial charge in [0.05, 0.1) is 11.7 Å². The molecule has 3 heterocycles. The summed E-state index contributed by atoms with van der Waals surface area (Å²) in [6.45, 7) is 6.16. The Labute approximate surface area is 162 Å². The van der Waals surface area contributed by atoms with Gasteiger partial charge < -0.3 is 0 Å². The predicted molar refractivity (Wildman–Crippen MR) is 109 cm³/mol. The molecule has 0 unspecified atom stereocenters. The highest BCUT2D eigenvalue weighted by Crippen LogP contribution is 2.28. The van der Waals surface area contributed by atoms with Gasteiger partial charge in [0.25, 0.3) is 0 Å². The van der Waals surface area contributed by atoms with E-state index in [0.29, 0.717) is 22.2 Å². The van der Waals surface area contributed by atoms with Crippen LogP contribution in [0.1, 0.15) is 42.9 Å². The lowest BCUT2D eigenvalue weighted by molar-refractivity contribution is 0.112. The molecular weight excluding hydrogens is 354 g/mol. The zero-order chi connectivity index (χ0) is 19.8. The zero-order valence-electron chi connectivity index (χ0n) is 16.0. The minimum atomic E-state index is -0.311. The van der Waals surface area contributed by atoms with Crippen LogP contribution in [0.2, 0.25) is 6.32 Å². The summed E-state index contributed by atoms with van der Waals surface area (Å²) < 4.78 is 15.4. The first-order chi connectivity index (χ1) is 13.5. The molecule has 3 aromatic heterocycles. The number of hydrogen-bond acceptors (Lipinski definition) is 4. The van der Waals surface area contributed by atoms with Crippen LogP contribution in [0, 0.1) is 5.82 Å². The Morgan fingerprint density at radius 1 is 1.25 bits per heavy atom. The number of aromatic nitrogens is 4. The number of pyridine rings is 1. The van der Waals surface area contributed by atoms with Crippen LogP contribution in [0.15, 0.2) is 36.7 Å². The number of fused-ring (bicyclic) bond motifs is 2. The number of rotatable bonds is 5. The van der Waals surface area contributed by atoms with Gasteiger partial charge in [-0.2, -0.15) is 5.10 Å². The van der Waals surface area contributed by atoms with E-state index in [2.05, 4.69) is 28.9 Å². The van der Waals surface area contributed by atoms with Crippen molar-refractivity contribution in [1.29, 1.82) is 0 Å². The van der Waals surface area contributed by atoms with Gasteiger partial charge in [-0.05, 0) is 35.6 Å². The van der Waals surface area contributed by atoms with Crippen molar-refractivity contribution in [2.24, 2.45) is 0 Å². The van der Waals surface area contributed by atoms with Crippen LogP contribution in [0.4, 0.5) is 4.39 Å². The van der Waals surface area contributed by atoms with Crippen molar-refractivity contribution < 1.29 is 9.18 Å². The Hall–Kier alpha value is -3.09. The molecule has 139 valence electrons. The highest BCUT2D eigenvalue weighted by atomic mass is 19.1. The zero-order valence-corrected chi connectivity index (χ0v) is 16.0. The first-order valence-electron chi connectivity index (χ1n) is 9.29. The number of aldehydes is 1. The van der Waals surface area contributed by atoms with Crippen molar-refractivity contribution in [2.45, 2.75) is 33.0 Å². The van der Waals surface area contributed by atoms with Crippen molar-refractivity contribution in [1.82, 2.24) is 19.6 Å². The van der Waals surface area contributed by atoms with Crippen LogP contribution in [0.3, 0.4) is 0 Å². The first kappa shape index (κ1) is 18.3. The fourth-order valence-electron chi connectivity index (χ4n) is 3.56. The molecule has 7 heteroatoms. The van der Waals surface area contributed by atoms with Gasteiger partial charge in [0.1, 0.15) is 11.5 Å². The fraction of sp³-hybridized carbons (Fsp3) is 0.238. The van der Waals surface area contributed by atoms with Gasteiger partial charge >= 0.3 is 0 Å². The maximum absolute atomic E-state index is 13.6. The summed E-state index contributed by atoms with van der Waals surface area (Å²) in [5, 5.41) is 5.25. The lowest BCUT2D eigenvalue weighted by Crippen LogP contribution is -2.29. The average molecular weight is 373 g/mol. The molecule has 0 aliphatic rings. The van der Waals surface area contributed by atoms with Gasteiger partial charge in [0, 0.05) is 28.4 Å². The quantitative estimate of drug-likeness (QED) is 0.395. The summed E-state index contributed by atoms with van der Waals surface area (Å²) in [5.74, 6) is -0.159. The smallest absolute Gasteiger partial charge is 0.167 e. The number of benzene rings is 1. The van der Waals surface area contributed by atoms with Crippen molar-refractivity contribution in [3.05, 3.63) is 53.9 Å². The molecule has 0 N–H and O–H groups in total. The molecule has 4 aromatic rings. The van der Waals surface area contributed by atoms with Crippen molar-refractivity contribution in [3.63, 3.8) is 0 Å². The van der Waals surface area contributed by atoms with Crippen LogP contribution >= 0.6 is 0 Å². The van der Waals surface area contributed by atoms with Crippen LogP contribution in [0.25, 0.3) is 27.7 Å². The van der Waals surface area contributed by atoms with Gasteiger partial charge in [-0.3, -0.25) is 9.78 Å². The topological polar surface area (TPSA) is 60.2 Å². The molecule has 0 spiro atoms. The summed E-state index contributed by atoms with van der Waals surface area (Å²) in [7, 11) is 2.01. The maximum Gasteiger partial charge on any atom is 0.167 e. The third-order valence-corrected chi connectivity index (χ3v) is 4.77. The minimum absolute atomic E-state index is 0.151. The van der Waals surface area contributed by atoms with E-state index in [9.17, 15) is 9.18 Å². The molecular formula is C21H19BFN4O. The molecule has 5 nitrogen and oxygen atoms in total. The second-order valence-corrected chi connectivity index (χ2v) is 7.04. The van der Waals surface area contributed by atoms with E-state index < -0.39 is 0 Å². The van der Waals surface area contributed by atoms with Crippen LogP contribution in [-0.2, 0) is 0 Å². The Balaban J connectivity index is 1.99. The highest BCUT2D eigenvalue weighted by molar-refractivity contribution is 6.55. The summed E-state index contributed by atoms with van der Waals surface area (Å²) in [6.07, 6.45) is 5.03. The Morgan fingerprint density at radius 2 is 2.07 bits per heavy atom. The third-order valence-electron chi connectivity index (χ3n) is 4.77. The predicted octanol–water partition coefficient (Wildman–Crippen LogP) is 3.79. The van der Waals surface area contributed by atoms with Crippen LogP contribution in [0.5, 0.6) is 0 Å². The molecule has 28 heavy (non-hydrogen) atoms. The molecule has 0 atom stereocenters. The normalized spacial score (nSPS) is 11.5. The third kappa shape index (κ3) is 2.97. The number of hydrogen-bond donors (Lipinski definition) is 0. The van der Waals surface area contributed by atoms with E-state index in [4.69, 9.17) is 0 Å². The fourth-order valence-corrected chi connectivity index (χ4v) is 3.56. The SMILES string of the molecule is CC[B]c1c(C=O)nc2c(-c3cnc4ccc(F)cc4c3)cnn2c1C(C)C. The first-order valence-corrected chi connectivity index (χ1v) is 9.29. The summed E-state index contributed by atoms with van der Waals surface area (Å²) in [5.41, 5.74) is 5.02. The molecule has 0 bridgehead atoms. The van der Waals surface area contributed by atoms with E-state index in [0.717, 1.165) is 34.9 Å². The highest BCUT2D eigenvalue weighted by Gasteiger charge is 2.20. The summed E-state index contributed by atoms with van der Waals surface area (Å²) >= 11 is 0. The van der Waals surface area contributed by atoms with Gasteiger partial charge in [0.15, 0.2) is 19.2 Å². The van der Waals surface area contributed by atoms with Gasteiger partial charge in [-0.1, -0.05) is 27.1 Å². The lowest BCUT2D eigenvalue weighted by atomic mass is 9.65. The molecule has 0 aliphatic heterocycles. The lowest BCUT2D eigenvalue weighted by Gasteiger charge is -2.16. The van der Waals surface area contributed by atoms with E-state index >= 15 is 0 Å². The van der Waals surface area contributed by atoms with E-state index in [1.165, 1.54) is 12.1 Å². The van der Waals surface area contributed by atoms with Crippen molar-refractivity contribution >= 4 is 35.6 Å². The second-order valence-electron chi connectivity index (χ2n) is 7.04. The number of carbonyl (C=O) groups is 1. The molecule has 0 saturated carbocycles. The Morgan fingerprint density at radius 3 is 2.79 bits per heavy atom. The van der Waals surface area contributed by atoms with Crippen LogP contribution < -0.4 is 5.46 Å². The second kappa shape index (κ2) is 7.15. The molecule has 4 rings (SSSR count). The molecule has 1 aromatic carbocycles. The Kier molecular flexibility index (Phi) is 4.67. The molecule has 1 radical (unpaired) electrons. The van der Waals surface area contributed by atoms with Gasteiger partial charge in [-0.15, -0.1) is 0 Å². The summed E-state index contributed by atoms with van der Waals surface area (Å²) in [4.78, 5) is 20.7. The molecule has 0 amide bonds. The summed E-state index contributed by atoms with van der Waals surface area (Å²) in [6, 6.07) is 6.36. The van der Waals surface area contributed by atoms with Crippen molar-refractivity contribution in [2.75, 3.05) is 0 Å². The van der Waals surface area contributed by atoms with E-state index in [-0.39, 0.29) is 11.7 Å². The number of nitrogens with zero attached hydrogens (tertiary/aromatic N) is 4. The van der Waals surface area contributed by atoms with Crippen molar-refractivity contribution in [3.8, 4) is 11.1 Å². The maximum atomic E-state index is 13.6. The monoisotopic (exact) mass is 373 g/mol. The minimum Gasteiger partial charge on any atom is -0.296 e. The van der Waals surface area contributed by atoms with Crippen LogP contribution in [-0.4, -0.2) is 33.1 Å². The molecule has 0 aliphatic carbocycles. The molecule has 0 saturated heterocycles. The number of carbonyl (C=O) groups excluding carboxylic acids is 1. The standard InChI is InChI=1S/C21H19BFN4O/c1-4-22-19-18(11-28)26-21-16(10-25-27(21)20(19)12(2)3)14-7-13-8-15(23)5-6-17(13)24-9-14/h5-12H,4H2,1-3H3. The largest absolute Gasteiger partial charge is 0.296 e. The van der Waals surface area contributed by atoms with E-state index in [1.54, 1.807) is 23.0 Å². The Bertz CT molecular complexity index is 1200. The van der Waals surface area contributed by atoms with E-state index in [1.807, 2.05) is 20.3 Å². The van der Waals surface area contributed by atoms with Gasteiger partial charge in [-0.25, -0.2) is 13.9 Å². The average Bonchev–Trinajstić information content (AvgIpc) is 3.10.